The van der Waals surface area contributed by atoms with E-state index in [0.717, 1.165) is 31.1 Å². The number of halogens is 6. The van der Waals surface area contributed by atoms with Crippen LogP contribution in [0.4, 0.5) is 42.6 Å². The van der Waals surface area contributed by atoms with E-state index >= 15 is 0 Å². The number of pyridine rings is 1. The number of benzene rings is 1. The molecule has 0 radical (unpaired) electrons. The smallest absolute Gasteiger partial charge is 0.475 e. The van der Waals surface area contributed by atoms with Crippen LogP contribution < -0.4 is 10.2 Å². The number of anilines is 2. The summed E-state index contributed by atoms with van der Waals surface area (Å²) in [4.78, 5) is 58.9. The molecular formula is C28H32F6N6O5S. The molecule has 4 rings (SSSR count). The van der Waals surface area contributed by atoms with Gasteiger partial charge in [-0.1, -0.05) is 0 Å². The van der Waals surface area contributed by atoms with E-state index in [1.54, 1.807) is 26.0 Å². The summed E-state index contributed by atoms with van der Waals surface area (Å²) in [6.07, 6.45) is -3.23. The molecule has 252 valence electrons. The predicted octanol–water partition coefficient (Wildman–Crippen LogP) is 4.65. The SMILES string of the molecule is CN1CCN(CCC(=O)Nc2cc(CN3C(=O)N(c4ccc(SC(F)(F)F)cc4)C(=O)C3(C)C)ccn2)CC1.O=C(O)C(F)(F)F. The topological polar surface area (TPSA) is 126 Å². The van der Waals surface area contributed by atoms with Crippen molar-refractivity contribution in [2.24, 2.45) is 0 Å². The number of piperazine rings is 1. The molecule has 2 aliphatic heterocycles. The van der Waals surface area contributed by atoms with E-state index in [0.29, 0.717) is 24.3 Å². The first-order valence-electron chi connectivity index (χ1n) is 13.8. The molecule has 4 amide bonds. The van der Waals surface area contributed by atoms with Gasteiger partial charge in [-0.3, -0.25) is 9.59 Å². The summed E-state index contributed by atoms with van der Waals surface area (Å²) in [5.41, 5.74) is -4.79. The number of carbonyl (C=O) groups is 4. The molecule has 2 saturated heterocycles. The van der Waals surface area contributed by atoms with Crippen molar-refractivity contribution in [1.82, 2.24) is 19.7 Å². The van der Waals surface area contributed by atoms with Crippen molar-refractivity contribution in [3.05, 3.63) is 48.2 Å². The van der Waals surface area contributed by atoms with Gasteiger partial charge >= 0.3 is 23.7 Å². The number of aromatic nitrogens is 1. The molecule has 0 bridgehead atoms. The number of carboxylic acids is 1. The number of nitrogens with one attached hydrogen (secondary N) is 1. The third-order valence-corrected chi connectivity index (χ3v) is 7.82. The van der Waals surface area contributed by atoms with E-state index in [2.05, 4.69) is 27.1 Å². The lowest BCUT2D eigenvalue weighted by molar-refractivity contribution is -0.192. The van der Waals surface area contributed by atoms with Crippen molar-refractivity contribution in [2.75, 3.05) is 50.0 Å². The van der Waals surface area contributed by atoms with E-state index in [4.69, 9.17) is 9.90 Å². The van der Waals surface area contributed by atoms with Gasteiger partial charge in [-0.2, -0.15) is 26.3 Å². The maximum absolute atomic E-state index is 13.3. The Labute approximate surface area is 264 Å². The zero-order chi connectivity index (χ0) is 34.4. The van der Waals surface area contributed by atoms with Crippen molar-refractivity contribution in [2.45, 2.75) is 48.9 Å². The van der Waals surface area contributed by atoms with Crippen molar-refractivity contribution >= 4 is 47.1 Å². The molecule has 1 aromatic heterocycles. The summed E-state index contributed by atoms with van der Waals surface area (Å²) in [5, 5.41) is 9.93. The van der Waals surface area contributed by atoms with Crippen molar-refractivity contribution in [3.63, 3.8) is 0 Å². The van der Waals surface area contributed by atoms with Crippen molar-refractivity contribution in [1.29, 1.82) is 0 Å². The number of hydrogen-bond donors (Lipinski definition) is 2. The summed E-state index contributed by atoms with van der Waals surface area (Å²) in [7, 11) is 2.07. The highest BCUT2D eigenvalue weighted by molar-refractivity contribution is 8.00. The summed E-state index contributed by atoms with van der Waals surface area (Å²) in [6.45, 7) is 7.74. The van der Waals surface area contributed by atoms with Gasteiger partial charge in [0.25, 0.3) is 5.91 Å². The number of likely N-dealkylation sites (N-methyl/N-ethyl adjacent to an activating group) is 1. The Kier molecular flexibility index (Phi) is 11.7. The molecular weight excluding hydrogens is 646 g/mol. The number of amides is 4. The maximum Gasteiger partial charge on any atom is 0.490 e. The number of aliphatic carboxylic acids is 1. The normalized spacial score (nSPS) is 17.5. The number of rotatable bonds is 8. The van der Waals surface area contributed by atoms with Crippen LogP contribution in [0.1, 0.15) is 25.8 Å². The lowest BCUT2D eigenvalue weighted by Gasteiger charge is -2.32. The number of nitrogens with zero attached hydrogens (tertiary/aromatic N) is 5. The Morgan fingerprint density at radius 2 is 1.59 bits per heavy atom. The monoisotopic (exact) mass is 678 g/mol. The first-order valence-corrected chi connectivity index (χ1v) is 14.6. The lowest BCUT2D eigenvalue weighted by Crippen LogP contribution is -2.45. The number of alkyl halides is 6. The Bertz CT molecular complexity index is 1410. The lowest BCUT2D eigenvalue weighted by atomic mass is 10.0. The van der Waals surface area contributed by atoms with Gasteiger partial charge in [-0.25, -0.2) is 19.5 Å². The molecule has 0 unspecified atom stereocenters. The number of imide groups is 1. The average molecular weight is 679 g/mol. The highest BCUT2D eigenvalue weighted by Crippen LogP contribution is 2.39. The number of hydrogen-bond acceptors (Lipinski definition) is 8. The summed E-state index contributed by atoms with van der Waals surface area (Å²) < 4.78 is 69.7. The van der Waals surface area contributed by atoms with Crippen molar-refractivity contribution < 1.29 is 50.6 Å². The zero-order valence-electron chi connectivity index (χ0n) is 25.0. The minimum absolute atomic E-state index is 0.0450. The number of urea groups is 1. The number of carboxylic acid groups (broad SMARTS) is 1. The minimum Gasteiger partial charge on any atom is -0.475 e. The predicted molar refractivity (Wildman–Crippen MR) is 156 cm³/mol. The molecule has 1 aromatic carbocycles. The molecule has 18 heteroatoms. The van der Waals surface area contributed by atoms with Crippen LogP contribution in [0.3, 0.4) is 0 Å². The van der Waals surface area contributed by atoms with Gasteiger partial charge in [-0.15, -0.1) is 0 Å². The largest absolute Gasteiger partial charge is 0.490 e. The average Bonchev–Trinajstić information content (AvgIpc) is 3.11. The van der Waals surface area contributed by atoms with Crippen LogP contribution >= 0.6 is 11.8 Å². The van der Waals surface area contributed by atoms with E-state index in [9.17, 15) is 40.7 Å². The molecule has 0 atom stereocenters. The second-order valence-corrected chi connectivity index (χ2v) is 12.0. The maximum atomic E-state index is 13.3. The van der Waals surface area contributed by atoms with E-state index in [1.807, 2.05) is 0 Å². The quantitative estimate of drug-likeness (QED) is 0.233. The fourth-order valence-electron chi connectivity index (χ4n) is 4.49. The standard InChI is InChI=1S/C26H31F3N6O3S.C2HF3O2/c1-25(2)23(37)35(19-4-6-20(7-5-19)39-26(27,28)29)24(38)34(25)17-18-8-10-30-21(16-18)31-22(36)9-11-33-14-12-32(3)13-15-33;3-2(4,5)1(6)7/h4-8,10,16H,9,11-15,17H2,1-3H3,(H,30,31,36);(H,6,7). The van der Waals surface area contributed by atoms with Crippen LogP contribution in [-0.2, 0) is 20.9 Å². The summed E-state index contributed by atoms with van der Waals surface area (Å²) >= 11 is -0.267. The molecule has 2 N–H and O–H groups in total. The highest BCUT2D eigenvalue weighted by Gasteiger charge is 2.51. The van der Waals surface area contributed by atoms with Gasteiger partial charge in [0.1, 0.15) is 11.4 Å². The molecule has 2 aromatic rings. The first-order chi connectivity index (χ1) is 21.3. The van der Waals surface area contributed by atoms with Gasteiger partial charge in [0.05, 0.1) is 5.69 Å². The Morgan fingerprint density at radius 3 is 2.13 bits per heavy atom. The molecule has 0 aliphatic carbocycles. The van der Waals surface area contributed by atoms with Crippen LogP contribution in [0.15, 0.2) is 47.5 Å². The van der Waals surface area contributed by atoms with Crippen LogP contribution in [-0.4, -0.2) is 106 Å². The molecule has 46 heavy (non-hydrogen) atoms. The van der Waals surface area contributed by atoms with Crippen LogP contribution in [0, 0.1) is 0 Å². The van der Waals surface area contributed by atoms with Gasteiger partial charge in [0.2, 0.25) is 5.91 Å². The van der Waals surface area contributed by atoms with Gasteiger partial charge < -0.3 is 25.1 Å². The van der Waals surface area contributed by atoms with Gasteiger partial charge in [0.15, 0.2) is 0 Å². The van der Waals surface area contributed by atoms with Gasteiger partial charge in [0, 0.05) is 56.8 Å². The summed E-state index contributed by atoms with van der Waals surface area (Å²) in [5.74, 6) is -3.06. The first kappa shape index (κ1) is 36.6. The molecule has 11 nitrogen and oxygen atoms in total. The molecule has 2 aliphatic rings. The highest BCUT2D eigenvalue weighted by atomic mass is 32.2. The third kappa shape index (κ3) is 10.1. The fraction of sp³-hybridized carbons (Fsp3) is 0.464. The molecule has 3 heterocycles. The minimum atomic E-state index is -5.08. The number of carbonyl (C=O) groups excluding carboxylic acids is 3. The third-order valence-electron chi connectivity index (χ3n) is 7.08. The zero-order valence-corrected chi connectivity index (χ0v) is 25.8. The Hall–Kier alpha value is -3.90. The molecule has 2 fully saturated rings. The molecule has 0 saturated carbocycles. The number of thioether (sulfide) groups is 1. The second kappa shape index (κ2) is 14.7. The van der Waals surface area contributed by atoms with E-state index < -0.39 is 35.1 Å². The fourth-order valence-corrected chi connectivity index (χ4v) is 5.03. The van der Waals surface area contributed by atoms with Crippen molar-refractivity contribution in [3.8, 4) is 0 Å². The van der Waals surface area contributed by atoms with Crippen LogP contribution in [0.25, 0.3) is 0 Å². The molecule has 0 spiro atoms. The Balaban J connectivity index is 0.000000738. The van der Waals surface area contributed by atoms with E-state index in [1.165, 1.54) is 35.4 Å². The Morgan fingerprint density at radius 1 is 1.00 bits per heavy atom. The second-order valence-electron chi connectivity index (χ2n) is 10.9. The van der Waals surface area contributed by atoms with Gasteiger partial charge in [-0.05, 0) is 74.6 Å². The summed E-state index contributed by atoms with van der Waals surface area (Å²) in [6, 6.07) is 7.87. The van der Waals surface area contributed by atoms with Crippen LogP contribution in [0.5, 0.6) is 0 Å². The van der Waals surface area contributed by atoms with E-state index in [-0.39, 0.29) is 34.8 Å². The van der Waals surface area contributed by atoms with Crippen LogP contribution in [0.2, 0.25) is 0 Å².